The van der Waals surface area contributed by atoms with E-state index >= 15 is 0 Å². The summed E-state index contributed by atoms with van der Waals surface area (Å²) >= 11 is 0. The number of Topliss-reactive ketones (excluding diaryl/α,β-unsaturated/α-hetero) is 1. The Labute approximate surface area is 109 Å². The molecule has 0 atom stereocenters. The van der Waals surface area contributed by atoms with Gasteiger partial charge in [0.05, 0.1) is 22.3 Å². The van der Waals surface area contributed by atoms with Crippen LogP contribution in [0.3, 0.4) is 0 Å². The second-order valence-electron chi connectivity index (χ2n) is 4.29. The van der Waals surface area contributed by atoms with Gasteiger partial charge in [0.25, 0.3) is 0 Å². The van der Waals surface area contributed by atoms with Gasteiger partial charge >= 0.3 is 0 Å². The normalized spacial score (nSPS) is 10.8. The van der Waals surface area contributed by atoms with Crippen LogP contribution in [0.1, 0.15) is 17.3 Å². The molecule has 0 fully saturated rings. The molecule has 1 aromatic heterocycles. The molecule has 19 heavy (non-hydrogen) atoms. The van der Waals surface area contributed by atoms with Crippen LogP contribution >= 0.6 is 0 Å². The smallest absolute Gasteiger partial charge is 0.164 e. The molecule has 0 bridgehead atoms. The molecule has 0 aliphatic heterocycles. The van der Waals surface area contributed by atoms with Crippen molar-refractivity contribution in [3.05, 3.63) is 60.2 Å². The topological polar surface area (TPSA) is 34.9 Å². The predicted molar refractivity (Wildman–Crippen MR) is 71.0 cm³/mol. The number of para-hydroxylation sites is 2. The van der Waals surface area contributed by atoms with Crippen LogP contribution in [0.5, 0.6) is 0 Å². The zero-order valence-electron chi connectivity index (χ0n) is 10.3. The van der Waals surface area contributed by atoms with Gasteiger partial charge in [0.2, 0.25) is 0 Å². The van der Waals surface area contributed by atoms with Gasteiger partial charge < -0.3 is 0 Å². The Kier molecular flexibility index (Phi) is 2.63. The predicted octanol–water partition coefficient (Wildman–Crippen LogP) is 3.37. The van der Waals surface area contributed by atoms with E-state index in [1.165, 1.54) is 13.0 Å². The van der Waals surface area contributed by atoms with Gasteiger partial charge in [-0.3, -0.25) is 9.36 Å². The van der Waals surface area contributed by atoms with E-state index in [-0.39, 0.29) is 11.3 Å². The lowest BCUT2D eigenvalue weighted by atomic mass is 10.1. The molecule has 3 rings (SSSR count). The first kappa shape index (κ1) is 11.6. The highest BCUT2D eigenvalue weighted by Gasteiger charge is 2.15. The van der Waals surface area contributed by atoms with Gasteiger partial charge in [0, 0.05) is 0 Å². The number of carbonyl (C=O) groups is 1. The highest BCUT2D eigenvalue weighted by molar-refractivity contribution is 5.98. The van der Waals surface area contributed by atoms with E-state index in [0.717, 1.165) is 11.0 Å². The van der Waals surface area contributed by atoms with Gasteiger partial charge in [-0.2, -0.15) is 0 Å². The van der Waals surface area contributed by atoms with E-state index in [0.29, 0.717) is 5.69 Å². The summed E-state index contributed by atoms with van der Waals surface area (Å²) in [5.74, 6) is -0.811. The van der Waals surface area contributed by atoms with Crippen molar-refractivity contribution >= 4 is 16.8 Å². The van der Waals surface area contributed by atoms with E-state index in [2.05, 4.69) is 4.98 Å². The van der Waals surface area contributed by atoms with E-state index in [9.17, 15) is 9.18 Å². The molecule has 0 saturated heterocycles. The van der Waals surface area contributed by atoms with Crippen LogP contribution < -0.4 is 0 Å². The van der Waals surface area contributed by atoms with E-state index in [4.69, 9.17) is 0 Å². The molecule has 1 heterocycles. The first-order valence-electron chi connectivity index (χ1n) is 5.90. The van der Waals surface area contributed by atoms with Crippen LogP contribution in [0.4, 0.5) is 4.39 Å². The average molecular weight is 254 g/mol. The second kappa shape index (κ2) is 4.31. The van der Waals surface area contributed by atoms with Gasteiger partial charge in [-0.15, -0.1) is 0 Å². The number of aromatic nitrogens is 2. The SMILES string of the molecule is CC(=O)c1c(F)cccc1-n1cnc2ccccc21. The van der Waals surface area contributed by atoms with Gasteiger partial charge in [-0.25, -0.2) is 9.37 Å². The lowest BCUT2D eigenvalue weighted by molar-refractivity contribution is 0.101. The quantitative estimate of drug-likeness (QED) is 0.657. The van der Waals surface area contributed by atoms with Crippen molar-refractivity contribution in [1.29, 1.82) is 0 Å². The molecular weight excluding hydrogens is 243 g/mol. The molecule has 0 spiro atoms. The number of hydrogen-bond donors (Lipinski definition) is 0. The lowest BCUT2D eigenvalue weighted by Gasteiger charge is -2.09. The highest BCUT2D eigenvalue weighted by Crippen LogP contribution is 2.23. The molecule has 0 saturated carbocycles. The highest BCUT2D eigenvalue weighted by atomic mass is 19.1. The van der Waals surface area contributed by atoms with Crippen molar-refractivity contribution in [3.8, 4) is 5.69 Å². The molecule has 0 unspecified atom stereocenters. The fourth-order valence-electron chi connectivity index (χ4n) is 2.21. The van der Waals surface area contributed by atoms with Crippen molar-refractivity contribution in [3.63, 3.8) is 0 Å². The number of nitrogens with zero attached hydrogens (tertiary/aromatic N) is 2. The van der Waals surface area contributed by atoms with Gasteiger partial charge in [-0.05, 0) is 31.2 Å². The summed E-state index contributed by atoms with van der Waals surface area (Å²) in [6.07, 6.45) is 1.60. The number of benzene rings is 2. The molecule has 0 radical (unpaired) electrons. The molecule has 3 aromatic rings. The Balaban J connectivity index is 2.33. The maximum atomic E-state index is 13.8. The Morgan fingerprint density at radius 2 is 1.95 bits per heavy atom. The first-order valence-corrected chi connectivity index (χ1v) is 5.90. The monoisotopic (exact) mass is 254 g/mol. The number of carbonyl (C=O) groups excluding carboxylic acids is 1. The Hall–Kier alpha value is -2.49. The van der Waals surface area contributed by atoms with Gasteiger partial charge in [-0.1, -0.05) is 18.2 Å². The molecule has 94 valence electrons. The van der Waals surface area contributed by atoms with Crippen LogP contribution in [0, 0.1) is 5.82 Å². The van der Waals surface area contributed by atoms with Crippen molar-refractivity contribution in [1.82, 2.24) is 9.55 Å². The first-order chi connectivity index (χ1) is 9.18. The second-order valence-corrected chi connectivity index (χ2v) is 4.29. The number of hydrogen-bond acceptors (Lipinski definition) is 2. The summed E-state index contributed by atoms with van der Waals surface area (Å²) in [7, 11) is 0. The minimum absolute atomic E-state index is 0.0886. The van der Waals surface area contributed by atoms with Crippen LogP contribution in [0.25, 0.3) is 16.7 Å². The van der Waals surface area contributed by atoms with Gasteiger partial charge in [0.1, 0.15) is 12.1 Å². The molecular formula is C15H11FN2O. The zero-order chi connectivity index (χ0) is 13.4. The molecule has 0 aliphatic carbocycles. The summed E-state index contributed by atoms with van der Waals surface area (Å²) < 4.78 is 15.6. The summed E-state index contributed by atoms with van der Waals surface area (Å²) in [6.45, 7) is 1.36. The third-order valence-corrected chi connectivity index (χ3v) is 3.06. The van der Waals surface area contributed by atoms with Gasteiger partial charge in [0.15, 0.2) is 5.78 Å². The van der Waals surface area contributed by atoms with Crippen molar-refractivity contribution in [2.75, 3.05) is 0 Å². The van der Waals surface area contributed by atoms with Crippen LogP contribution in [-0.4, -0.2) is 15.3 Å². The summed E-state index contributed by atoms with van der Waals surface area (Å²) in [4.78, 5) is 15.9. The Bertz CT molecular complexity index is 777. The summed E-state index contributed by atoms with van der Waals surface area (Å²) in [5, 5.41) is 0. The minimum Gasteiger partial charge on any atom is -0.298 e. The average Bonchev–Trinajstić information content (AvgIpc) is 2.81. The van der Waals surface area contributed by atoms with Crippen LogP contribution in [-0.2, 0) is 0 Å². The van der Waals surface area contributed by atoms with Crippen molar-refractivity contribution < 1.29 is 9.18 Å². The molecule has 0 amide bonds. The number of halogens is 1. The summed E-state index contributed by atoms with van der Waals surface area (Å²) in [6, 6.07) is 12.1. The number of rotatable bonds is 2. The number of imidazole rings is 1. The molecule has 3 nitrogen and oxygen atoms in total. The minimum atomic E-state index is -0.511. The summed E-state index contributed by atoms with van der Waals surface area (Å²) in [5.41, 5.74) is 2.25. The van der Waals surface area contributed by atoms with Crippen molar-refractivity contribution in [2.24, 2.45) is 0 Å². The molecule has 4 heteroatoms. The largest absolute Gasteiger partial charge is 0.298 e. The van der Waals surface area contributed by atoms with E-state index in [1.54, 1.807) is 23.0 Å². The lowest BCUT2D eigenvalue weighted by Crippen LogP contribution is -2.05. The Morgan fingerprint density at radius 3 is 2.74 bits per heavy atom. The fraction of sp³-hybridized carbons (Fsp3) is 0.0667. The van der Waals surface area contributed by atoms with Crippen molar-refractivity contribution in [2.45, 2.75) is 6.92 Å². The standard InChI is InChI=1S/C15H11FN2O/c1-10(19)15-11(16)5-4-8-14(15)18-9-17-12-6-2-3-7-13(12)18/h2-9H,1H3. The third-order valence-electron chi connectivity index (χ3n) is 3.06. The maximum Gasteiger partial charge on any atom is 0.164 e. The van der Waals surface area contributed by atoms with E-state index in [1.807, 2.05) is 24.3 Å². The number of fused-ring (bicyclic) bond motifs is 1. The van der Waals surface area contributed by atoms with E-state index < -0.39 is 5.82 Å². The Morgan fingerprint density at radius 1 is 1.16 bits per heavy atom. The molecule has 0 N–H and O–H groups in total. The maximum absolute atomic E-state index is 13.8. The molecule has 0 aliphatic rings. The number of ketones is 1. The molecule has 2 aromatic carbocycles. The van der Waals surface area contributed by atoms with Crippen LogP contribution in [0.15, 0.2) is 48.8 Å². The third kappa shape index (κ3) is 1.81. The zero-order valence-corrected chi connectivity index (χ0v) is 10.3. The fourth-order valence-corrected chi connectivity index (χ4v) is 2.21. The van der Waals surface area contributed by atoms with Crippen LogP contribution in [0.2, 0.25) is 0 Å².